The average molecular weight is 259 g/mol. The van der Waals surface area contributed by atoms with Crippen LogP contribution >= 0.6 is 0 Å². The Kier molecular flexibility index (Phi) is 4.27. The van der Waals surface area contributed by atoms with E-state index in [-0.39, 0.29) is 6.04 Å². The van der Waals surface area contributed by atoms with Crippen molar-refractivity contribution >= 4 is 0 Å². The monoisotopic (exact) mass is 259 g/mol. The summed E-state index contributed by atoms with van der Waals surface area (Å²) in [4.78, 5) is 8.76. The van der Waals surface area contributed by atoms with Crippen LogP contribution in [0.5, 0.6) is 0 Å². The third-order valence-corrected chi connectivity index (χ3v) is 3.07. The maximum absolute atomic E-state index is 4.56. The number of nitrogens with zero attached hydrogens (tertiary/aromatic N) is 4. The second-order valence-corrected chi connectivity index (χ2v) is 5.04. The summed E-state index contributed by atoms with van der Waals surface area (Å²) in [6.45, 7) is 6.23. The summed E-state index contributed by atoms with van der Waals surface area (Å²) in [7, 11) is 1.92. The lowest BCUT2D eigenvalue weighted by atomic mass is 10.1. The Balaban J connectivity index is 2.12. The highest BCUT2D eigenvalue weighted by atomic mass is 15.3. The molecular weight excluding hydrogens is 238 g/mol. The van der Waals surface area contributed by atoms with Gasteiger partial charge in [0.15, 0.2) is 0 Å². The molecule has 0 bridgehead atoms. The molecule has 0 aliphatic rings. The molecule has 0 amide bonds. The minimum absolute atomic E-state index is 0.0936. The van der Waals surface area contributed by atoms with Gasteiger partial charge in [-0.05, 0) is 39.4 Å². The van der Waals surface area contributed by atoms with Gasteiger partial charge in [0, 0.05) is 31.1 Å². The summed E-state index contributed by atoms with van der Waals surface area (Å²) in [6.07, 6.45) is 6.50. The molecule has 0 saturated heterocycles. The van der Waals surface area contributed by atoms with Crippen molar-refractivity contribution in [3.63, 3.8) is 0 Å². The molecule has 1 unspecified atom stereocenters. The fraction of sp³-hybridized carbons (Fsp3) is 0.500. The van der Waals surface area contributed by atoms with E-state index in [0.29, 0.717) is 6.04 Å². The first-order valence-electron chi connectivity index (χ1n) is 6.60. The first kappa shape index (κ1) is 13.7. The summed E-state index contributed by atoms with van der Waals surface area (Å²) in [6, 6.07) is 2.53. The number of rotatable bonds is 5. The van der Waals surface area contributed by atoms with Crippen LogP contribution in [0, 0.1) is 6.92 Å². The van der Waals surface area contributed by atoms with Crippen LogP contribution in [0.15, 0.2) is 24.7 Å². The third-order valence-electron chi connectivity index (χ3n) is 3.07. The van der Waals surface area contributed by atoms with Gasteiger partial charge in [0.1, 0.15) is 5.82 Å². The molecule has 0 aromatic carbocycles. The number of aryl methyl sites for hydroxylation is 1. The van der Waals surface area contributed by atoms with Crippen LogP contribution in [0.1, 0.15) is 43.0 Å². The lowest BCUT2D eigenvalue weighted by Gasteiger charge is -2.13. The van der Waals surface area contributed by atoms with Crippen molar-refractivity contribution < 1.29 is 0 Å². The zero-order valence-corrected chi connectivity index (χ0v) is 12.0. The minimum Gasteiger partial charge on any atom is -0.310 e. The zero-order valence-electron chi connectivity index (χ0n) is 12.0. The molecule has 0 radical (unpaired) electrons. The number of nitrogens with one attached hydrogen (secondary N) is 1. The molecule has 2 heterocycles. The quantitative estimate of drug-likeness (QED) is 0.893. The van der Waals surface area contributed by atoms with Crippen LogP contribution in [0.2, 0.25) is 0 Å². The normalized spacial score (nSPS) is 12.9. The summed E-state index contributed by atoms with van der Waals surface area (Å²) in [5, 5.41) is 7.81. The van der Waals surface area contributed by atoms with Gasteiger partial charge in [0.2, 0.25) is 0 Å². The highest BCUT2D eigenvalue weighted by Gasteiger charge is 2.14. The Bertz CT molecular complexity index is 515. The summed E-state index contributed by atoms with van der Waals surface area (Å²) in [5.74, 6) is 0.812. The van der Waals surface area contributed by atoms with Crippen molar-refractivity contribution in [2.24, 2.45) is 0 Å². The van der Waals surface area contributed by atoms with E-state index < -0.39 is 0 Å². The second-order valence-electron chi connectivity index (χ2n) is 5.04. The van der Waals surface area contributed by atoms with Crippen molar-refractivity contribution in [2.75, 3.05) is 7.05 Å². The molecule has 0 aliphatic heterocycles. The molecule has 2 aromatic rings. The Morgan fingerprint density at radius 3 is 2.47 bits per heavy atom. The van der Waals surface area contributed by atoms with E-state index in [0.717, 1.165) is 23.5 Å². The van der Waals surface area contributed by atoms with Crippen molar-refractivity contribution in [2.45, 2.75) is 39.3 Å². The van der Waals surface area contributed by atoms with E-state index in [9.17, 15) is 0 Å². The summed E-state index contributed by atoms with van der Waals surface area (Å²) in [5.41, 5.74) is 2.12. The number of likely N-dealkylation sites (N-methyl/N-ethyl adjacent to an activating group) is 1. The van der Waals surface area contributed by atoms with Crippen LogP contribution in [-0.4, -0.2) is 26.8 Å². The van der Waals surface area contributed by atoms with Crippen LogP contribution in [0.25, 0.3) is 0 Å². The van der Waals surface area contributed by atoms with Crippen LogP contribution in [-0.2, 0) is 6.42 Å². The first-order chi connectivity index (χ1) is 9.10. The van der Waals surface area contributed by atoms with E-state index in [1.165, 1.54) is 0 Å². The highest BCUT2D eigenvalue weighted by Crippen LogP contribution is 2.14. The van der Waals surface area contributed by atoms with Crippen LogP contribution in [0.3, 0.4) is 0 Å². The van der Waals surface area contributed by atoms with Gasteiger partial charge in [-0.1, -0.05) is 0 Å². The maximum atomic E-state index is 4.56. The summed E-state index contributed by atoms with van der Waals surface area (Å²) < 4.78 is 1.97. The van der Waals surface area contributed by atoms with Gasteiger partial charge in [-0.15, -0.1) is 0 Å². The summed E-state index contributed by atoms with van der Waals surface area (Å²) >= 11 is 0. The predicted molar refractivity (Wildman–Crippen MR) is 74.9 cm³/mol. The van der Waals surface area contributed by atoms with Crippen molar-refractivity contribution in [3.05, 3.63) is 41.7 Å². The molecule has 5 heteroatoms. The smallest absolute Gasteiger partial charge is 0.145 e. The molecule has 1 atom stereocenters. The fourth-order valence-corrected chi connectivity index (χ4v) is 1.89. The molecule has 2 aromatic heterocycles. The zero-order chi connectivity index (χ0) is 13.8. The maximum Gasteiger partial charge on any atom is 0.145 e. The van der Waals surface area contributed by atoms with Crippen molar-refractivity contribution in [1.82, 2.24) is 25.1 Å². The molecule has 102 valence electrons. The van der Waals surface area contributed by atoms with Gasteiger partial charge < -0.3 is 5.32 Å². The number of hydrogen-bond donors (Lipinski definition) is 1. The highest BCUT2D eigenvalue weighted by molar-refractivity contribution is 5.09. The lowest BCUT2D eigenvalue weighted by Crippen LogP contribution is -2.21. The van der Waals surface area contributed by atoms with E-state index in [1.54, 1.807) is 0 Å². The van der Waals surface area contributed by atoms with Gasteiger partial charge in [0.05, 0.1) is 11.7 Å². The first-order valence-corrected chi connectivity index (χ1v) is 6.60. The SMILES string of the molecule is CNC(Cc1ccn(C(C)C)n1)c1ncc(C)cn1. The molecule has 19 heavy (non-hydrogen) atoms. The molecule has 0 fully saturated rings. The Morgan fingerprint density at radius 2 is 1.95 bits per heavy atom. The van der Waals surface area contributed by atoms with E-state index in [2.05, 4.69) is 40.3 Å². The third kappa shape index (κ3) is 3.38. The minimum atomic E-state index is 0.0936. The lowest BCUT2D eigenvalue weighted by molar-refractivity contribution is 0.508. The molecule has 0 spiro atoms. The van der Waals surface area contributed by atoms with E-state index in [4.69, 9.17) is 0 Å². The van der Waals surface area contributed by atoms with Crippen LogP contribution in [0.4, 0.5) is 0 Å². The van der Waals surface area contributed by atoms with E-state index >= 15 is 0 Å². The van der Waals surface area contributed by atoms with Gasteiger partial charge in [-0.3, -0.25) is 4.68 Å². The van der Waals surface area contributed by atoms with E-state index in [1.807, 2.05) is 37.2 Å². The fourth-order valence-electron chi connectivity index (χ4n) is 1.89. The second kappa shape index (κ2) is 5.93. The number of aromatic nitrogens is 4. The topological polar surface area (TPSA) is 55.6 Å². The van der Waals surface area contributed by atoms with Gasteiger partial charge >= 0.3 is 0 Å². The predicted octanol–water partition coefficient (Wildman–Crippen LogP) is 2.07. The Labute approximate surface area is 114 Å². The van der Waals surface area contributed by atoms with Gasteiger partial charge in [-0.2, -0.15) is 5.10 Å². The van der Waals surface area contributed by atoms with Gasteiger partial charge in [0.25, 0.3) is 0 Å². The molecule has 0 aliphatic carbocycles. The Morgan fingerprint density at radius 1 is 1.26 bits per heavy atom. The van der Waals surface area contributed by atoms with Crippen LogP contribution < -0.4 is 5.32 Å². The Hall–Kier alpha value is -1.75. The largest absolute Gasteiger partial charge is 0.310 e. The molecule has 2 rings (SSSR count). The number of hydrogen-bond acceptors (Lipinski definition) is 4. The molecule has 1 N–H and O–H groups in total. The molecule has 5 nitrogen and oxygen atoms in total. The molecule has 0 saturated carbocycles. The average Bonchev–Trinajstić information content (AvgIpc) is 2.86. The standard InChI is InChI=1S/C14H21N5/c1-10(2)19-6-5-12(18-19)7-13(15-4)14-16-8-11(3)9-17-14/h5-6,8-10,13,15H,7H2,1-4H3. The van der Waals surface area contributed by atoms with Gasteiger partial charge in [-0.25, -0.2) is 9.97 Å². The van der Waals surface area contributed by atoms with Crippen molar-refractivity contribution in [3.8, 4) is 0 Å². The van der Waals surface area contributed by atoms with Crippen molar-refractivity contribution in [1.29, 1.82) is 0 Å². The molecular formula is C14H21N5.